The molecule has 6 rings (SSSR count). The number of aliphatic hydroxyl groups excluding tert-OH is 2. The summed E-state index contributed by atoms with van der Waals surface area (Å²) < 4.78 is 5.87. The predicted molar refractivity (Wildman–Crippen MR) is 192 cm³/mol. The second-order valence-corrected chi connectivity index (χ2v) is 14.5. The van der Waals surface area contributed by atoms with Crippen LogP contribution in [0.4, 0.5) is 0 Å². The molecule has 1 saturated carbocycles. The van der Waals surface area contributed by atoms with E-state index in [2.05, 4.69) is 43.9 Å². The largest absolute Gasteiger partial charge is 0.393 e. The Labute approximate surface area is 287 Å². The standard InChI is InChI=1S/C42H55NO5/c1-4-24-43(27-36(45)29-48-28-32-13-7-5-8-14-32)30-42(47)23-21-39-37-20-18-33(26-38(37)40(46)34-15-9-6-10-16-34)25-35(44)19-17-31(2)12-11-22-41(39,42)3/h5-10,12-16,18,20,26,35-36,39,44-45,47H,4,11,17,19,21-25,27-30H2,1-3H3/t35-,36+,39-,41-,42+/m0/s1. The second-order valence-electron chi connectivity index (χ2n) is 14.5. The molecule has 6 heteroatoms. The Morgan fingerprint density at radius 1 is 1.02 bits per heavy atom. The van der Waals surface area contributed by atoms with Gasteiger partial charge < -0.3 is 20.1 Å². The van der Waals surface area contributed by atoms with Crippen LogP contribution in [0.15, 0.2) is 90.5 Å². The van der Waals surface area contributed by atoms with E-state index in [9.17, 15) is 20.1 Å². The molecule has 48 heavy (non-hydrogen) atoms. The Balaban J connectivity index is 1.44. The van der Waals surface area contributed by atoms with E-state index in [1.165, 1.54) is 5.57 Å². The lowest BCUT2D eigenvalue weighted by Gasteiger charge is -2.46. The third-order valence-corrected chi connectivity index (χ3v) is 10.9. The van der Waals surface area contributed by atoms with Gasteiger partial charge in [-0.3, -0.25) is 9.69 Å². The number of fused-ring (bicyclic) bond motifs is 8. The van der Waals surface area contributed by atoms with E-state index < -0.39 is 23.2 Å². The highest BCUT2D eigenvalue weighted by molar-refractivity contribution is 6.10. The molecule has 5 atom stereocenters. The zero-order valence-electron chi connectivity index (χ0n) is 29.1. The molecule has 258 valence electrons. The van der Waals surface area contributed by atoms with Crippen molar-refractivity contribution in [1.29, 1.82) is 0 Å². The lowest BCUT2D eigenvalue weighted by atomic mass is 9.64. The van der Waals surface area contributed by atoms with Crippen molar-refractivity contribution in [2.45, 2.75) is 102 Å². The average Bonchev–Trinajstić information content (AvgIpc) is 3.33. The average molecular weight is 654 g/mol. The molecule has 3 aromatic carbocycles. The summed E-state index contributed by atoms with van der Waals surface area (Å²) in [7, 11) is 0. The molecule has 3 aliphatic carbocycles. The predicted octanol–water partition coefficient (Wildman–Crippen LogP) is 7.25. The zero-order chi connectivity index (χ0) is 34.1. The Morgan fingerprint density at radius 2 is 1.75 bits per heavy atom. The van der Waals surface area contributed by atoms with Crippen molar-refractivity contribution >= 4 is 5.78 Å². The van der Waals surface area contributed by atoms with Gasteiger partial charge in [0.25, 0.3) is 0 Å². The second kappa shape index (κ2) is 16.5. The van der Waals surface area contributed by atoms with Crippen LogP contribution < -0.4 is 0 Å². The molecule has 3 aliphatic rings. The Morgan fingerprint density at radius 3 is 2.48 bits per heavy atom. The topological polar surface area (TPSA) is 90.2 Å². The molecule has 0 aromatic heterocycles. The minimum absolute atomic E-state index is 0.0196. The molecule has 1 fully saturated rings. The first-order valence-electron chi connectivity index (χ1n) is 17.9. The van der Waals surface area contributed by atoms with Gasteiger partial charge in [0.15, 0.2) is 5.78 Å². The fourth-order valence-corrected chi connectivity index (χ4v) is 8.10. The van der Waals surface area contributed by atoms with Crippen LogP contribution >= 0.6 is 0 Å². The molecule has 3 aromatic rings. The number of benzene rings is 3. The summed E-state index contributed by atoms with van der Waals surface area (Å²) >= 11 is 0. The molecule has 3 N–H and O–H groups in total. The highest BCUT2D eigenvalue weighted by Crippen LogP contribution is 2.58. The van der Waals surface area contributed by atoms with Gasteiger partial charge in [-0.2, -0.15) is 0 Å². The van der Waals surface area contributed by atoms with Crippen molar-refractivity contribution in [2.75, 3.05) is 26.2 Å². The Hall–Kier alpha value is -3.13. The maximum absolute atomic E-state index is 14.2. The molecule has 0 unspecified atom stereocenters. The van der Waals surface area contributed by atoms with E-state index in [0.717, 1.165) is 55.3 Å². The summed E-state index contributed by atoms with van der Waals surface area (Å²) in [6.45, 7) is 8.77. The first-order valence-corrected chi connectivity index (χ1v) is 17.9. The van der Waals surface area contributed by atoms with E-state index in [0.29, 0.717) is 50.1 Å². The quantitative estimate of drug-likeness (QED) is 0.141. The molecular formula is C42H55NO5. The normalized spacial score (nSPS) is 25.4. The van der Waals surface area contributed by atoms with Gasteiger partial charge >= 0.3 is 0 Å². The van der Waals surface area contributed by atoms with Crippen molar-refractivity contribution in [3.8, 4) is 0 Å². The van der Waals surface area contributed by atoms with Crippen molar-refractivity contribution < 1.29 is 24.9 Å². The van der Waals surface area contributed by atoms with Crippen molar-refractivity contribution in [1.82, 2.24) is 4.90 Å². The van der Waals surface area contributed by atoms with Gasteiger partial charge in [-0.05, 0) is 93.5 Å². The summed E-state index contributed by atoms with van der Waals surface area (Å²) in [4.78, 5) is 16.4. The number of carbonyl (C=O) groups is 1. The summed E-state index contributed by atoms with van der Waals surface area (Å²) in [6.07, 6.45) is 6.93. The van der Waals surface area contributed by atoms with Gasteiger partial charge in [-0.1, -0.05) is 98.3 Å². The lowest BCUT2D eigenvalue weighted by molar-refractivity contribution is -0.0906. The van der Waals surface area contributed by atoms with Crippen molar-refractivity contribution in [3.05, 3.63) is 118 Å². The fraction of sp³-hybridized carbons (Fsp3) is 0.500. The number of rotatable bonds is 12. The smallest absolute Gasteiger partial charge is 0.193 e. The first kappa shape index (κ1) is 36.2. The summed E-state index contributed by atoms with van der Waals surface area (Å²) in [5.74, 6) is -0.0582. The van der Waals surface area contributed by atoms with Crippen molar-refractivity contribution in [2.24, 2.45) is 5.41 Å². The van der Waals surface area contributed by atoms with Crippen LogP contribution in [0, 0.1) is 5.41 Å². The number of carbonyl (C=O) groups excluding carboxylic acids is 1. The monoisotopic (exact) mass is 653 g/mol. The maximum atomic E-state index is 14.2. The molecular weight excluding hydrogens is 598 g/mol. The van der Waals surface area contributed by atoms with Crippen LogP contribution in [-0.4, -0.2) is 70.1 Å². The Kier molecular flexibility index (Phi) is 12.4. The zero-order valence-corrected chi connectivity index (χ0v) is 29.1. The number of nitrogens with zero attached hydrogens (tertiary/aromatic N) is 1. The van der Waals surface area contributed by atoms with E-state index in [4.69, 9.17) is 4.74 Å². The molecule has 0 radical (unpaired) electrons. The summed E-state index contributed by atoms with van der Waals surface area (Å²) in [6, 6.07) is 25.6. The van der Waals surface area contributed by atoms with Crippen LogP contribution in [0.5, 0.6) is 0 Å². The molecule has 6 nitrogen and oxygen atoms in total. The van der Waals surface area contributed by atoms with Crippen LogP contribution in [0.1, 0.15) is 104 Å². The first-order chi connectivity index (χ1) is 23.1. The van der Waals surface area contributed by atoms with Crippen LogP contribution in [0.3, 0.4) is 0 Å². The molecule has 2 bridgehead atoms. The van der Waals surface area contributed by atoms with Crippen molar-refractivity contribution in [3.63, 3.8) is 0 Å². The molecule has 0 amide bonds. The SMILES string of the molecule is CCCN(C[C@@H](O)COCc1ccccc1)C[C@]1(O)CC[C@H]2c3ccc(cc3C(=O)c3ccccc3)C[C@@H](O)CCC(C)=CCC[C@@]21C. The number of hydrogen-bond acceptors (Lipinski definition) is 6. The number of ether oxygens (including phenoxy) is 1. The lowest BCUT2D eigenvalue weighted by Crippen LogP contribution is -2.54. The van der Waals surface area contributed by atoms with Crippen LogP contribution in [0.25, 0.3) is 0 Å². The van der Waals surface area contributed by atoms with Gasteiger partial charge in [0, 0.05) is 29.6 Å². The van der Waals surface area contributed by atoms with Gasteiger partial charge in [0.2, 0.25) is 0 Å². The van der Waals surface area contributed by atoms with E-state index in [1.54, 1.807) is 0 Å². The molecule has 0 spiro atoms. The minimum Gasteiger partial charge on any atom is -0.393 e. The number of hydrogen-bond donors (Lipinski definition) is 3. The summed E-state index contributed by atoms with van der Waals surface area (Å²) in [5.41, 5.74) is 4.02. The van der Waals surface area contributed by atoms with Crippen LogP contribution in [-0.2, 0) is 17.8 Å². The highest BCUT2D eigenvalue weighted by atomic mass is 16.5. The van der Waals surface area contributed by atoms with Crippen LogP contribution in [0.2, 0.25) is 0 Å². The third-order valence-electron chi connectivity index (χ3n) is 10.9. The van der Waals surface area contributed by atoms with Gasteiger partial charge in [-0.25, -0.2) is 0 Å². The van der Waals surface area contributed by atoms with E-state index >= 15 is 0 Å². The van der Waals surface area contributed by atoms with E-state index in [1.807, 2.05) is 66.7 Å². The molecule has 0 heterocycles. The molecule has 0 saturated heterocycles. The van der Waals surface area contributed by atoms with Gasteiger partial charge in [-0.15, -0.1) is 0 Å². The molecule has 0 aliphatic heterocycles. The third kappa shape index (κ3) is 8.71. The minimum atomic E-state index is -1.03. The fourth-order valence-electron chi connectivity index (χ4n) is 8.10. The highest BCUT2D eigenvalue weighted by Gasteiger charge is 2.57. The van der Waals surface area contributed by atoms with E-state index in [-0.39, 0.29) is 18.3 Å². The number of ketones is 1. The number of allylic oxidation sites excluding steroid dienone is 2. The maximum Gasteiger partial charge on any atom is 0.193 e. The summed E-state index contributed by atoms with van der Waals surface area (Å²) in [5, 5.41) is 34.7. The van der Waals surface area contributed by atoms with Gasteiger partial charge in [0.1, 0.15) is 0 Å². The Bertz CT molecular complexity index is 1510. The number of aliphatic hydroxyl groups is 3. The van der Waals surface area contributed by atoms with Gasteiger partial charge in [0.05, 0.1) is 31.0 Å².